The fourth-order valence-corrected chi connectivity index (χ4v) is 1.02. The Hall–Kier alpha value is -1.06. The highest BCUT2D eigenvalue weighted by molar-refractivity contribution is 6.30. The van der Waals surface area contributed by atoms with E-state index >= 15 is 0 Å². The molecule has 0 amide bonds. The van der Waals surface area contributed by atoms with Gasteiger partial charge in [0, 0.05) is 18.1 Å². The van der Waals surface area contributed by atoms with Gasteiger partial charge >= 0.3 is 5.97 Å². The maximum Gasteiger partial charge on any atom is 0.338 e. The average molecular weight is 215 g/mol. The Morgan fingerprint density at radius 2 is 2.00 bits per heavy atom. The number of aliphatic hydroxyl groups excluding tert-OH is 1. The number of benzene rings is 1. The Labute approximate surface area is 87.3 Å². The summed E-state index contributed by atoms with van der Waals surface area (Å²) in [5, 5.41) is 9.06. The van der Waals surface area contributed by atoms with E-state index in [0.717, 1.165) is 0 Å². The van der Waals surface area contributed by atoms with Gasteiger partial charge in [-0.3, -0.25) is 0 Å². The number of halogens is 1. The molecule has 0 aliphatic rings. The van der Waals surface area contributed by atoms with Gasteiger partial charge in [0.2, 0.25) is 0 Å². The van der Waals surface area contributed by atoms with Crippen LogP contribution in [0, 0.1) is 0 Å². The lowest BCUT2D eigenvalue weighted by atomic mass is 10.2. The van der Waals surface area contributed by atoms with Crippen LogP contribution in [0.2, 0.25) is 5.02 Å². The van der Waals surface area contributed by atoms with Crippen molar-refractivity contribution in [2.45, 2.75) is 6.42 Å². The normalized spacial score (nSPS) is 9.86. The molecule has 0 aromatic heterocycles. The summed E-state index contributed by atoms with van der Waals surface area (Å²) in [5.41, 5.74) is 0.465. The van der Waals surface area contributed by atoms with E-state index < -0.39 is 5.97 Å². The van der Waals surface area contributed by atoms with Crippen molar-refractivity contribution in [2.75, 3.05) is 13.2 Å². The van der Waals surface area contributed by atoms with Gasteiger partial charge in [-0.05, 0) is 24.3 Å². The monoisotopic (exact) mass is 214 g/mol. The van der Waals surface area contributed by atoms with Gasteiger partial charge in [-0.2, -0.15) is 0 Å². The number of carbonyl (C=O) groups is 1. The Balaban J connectivity index is 2.48. The van der Waals surface area contributed by atoms with Gasteiger partial charge in [-0.25, -0.2) is 4.79 Å². The molecular weight excluding hydrogens is 204 g/mol. The summed E-state index contributed by atoms with van der Waals surface area (Å²) in [6.45, 7) is 0.256. The highest BCUT2D eigenvalue weighted by atomic mass is 35.5. The topological polar surface area (TPSA) is 46.5 Å². The Kier molecular flexibility index (Phi) is 4.43. The van der Waals surface area contributed by atoms with Gasteiger partial charge in [0.1, 0.15) is 0 Å². The third-order valence-corrected chi connectivity index (χ3v) is 1.87. The minimum Gasteiger partial charge on any atom is -0.462 e. The fraction of sp³-hybridized carbons (Fsp3) is 0.300. The smallest absolute Gasteiger partial charge is 0.338 e. The third kappa shape index (κ3) is 3.36. The van der Waals surface area contributed by atoms with Crippen molar-refractivity contribution < 1.29 is 14.6 Å². The standard InChI is InChI=1S/C10H11ClO3/c11-9-4-2-8(3-5-9)10(13)14-7-1-6-12/h2-5,12H,1,6-7H2. The molecule has 3 nitrogen and oxygen atoms in total. The maximum absolute atomic E-state index is 11.3. The first-order valence-electron chi connectivity index (χ1n) is 4.27. The molecule has 0 aliphatic heterocycles. The molecule has 0 aliphatic carbocycles. The van der Waals surface area contributed by atoms with E-state index in [2.05, 4.69) is 0 Å². The number of hydrogen-bond donors (Lipinski definition) is 1. The van der Waals surface area contributed by atoms with Crippen LogP contribution in [0.3, 0.4) is 0 Å². The molecule has 4 heteroatoms. The molecule has 1 aromatic rings. The van der Waals surface area contributed by atoms with Gasteiger partial charge in [-0.15, -0.1) is 0 Å². The zero-order valence-electron chi connectivity index (χ0n) is 7.57. The molecule has 0 spiro atoms. The molecule has 0 heterocycles. The van der Waals surface area contributed by atoms with E-state index in [-0.39, 0.29) is 13.2 Å². The van der Waals surface area contributed by atoms with Crippen molar-refractivity contribution in [1.82, 2.24) is 0 Å². The van der Waals surface area contributed by atoms with Gasteiger partial charge < -0.3 is 9.84 Å². The summed E-state index contributed by atoms with van der Waals surface area (Å²) in [5.74, 6) is -0.393. The van der Waals surface area contributed by atoms with E-state index in [9.17, 15) is 4.79 Å². The second-order valence-corrected chi connectivity index (χ2v) is 3.16. The molecule has 14 heavy (non-hydrogen) atoms. The van der Waals surface area contributed by atoms with Crippen molar-refractivity contribution in [2.24, 2.45) is 0 Å². The van der Waals surface area contributed by atoms with Crippen molar-refractivity contribution in [1.29, 1.82) is 0 Å². The molecule has 0 radical (unpaired) electrons. The van der Waals surface area contributed by atoms with Crippen molar-refractivity contribution in [3.8, 4) is 0 Å². The van der Waals surface area contributed by atoms with E-state index in [1.165, 1.54) is 0 Å². The first kappa shape index (κ1) is 11.0. The molecule has 0 unspecified atom stereocenters. The van der Waals surface area contributed by atoms with Crippen LogP contribution in [0.1, 0.15) is 16.8 Å². The summed E-state index contributed by atoms with van der Waals surface area (Å²) < 4.78 is 4.87. The van der Waals surface area contributed by atoms with Crippen molar-refractivity contribution in [3.63, 3.8) is 0 Å². The number of aliphatic hydroxyl groups is 1. The van der Waals surface area contributed by atoms with Crippen LogP contribution >= 0.6 is 11.6 Å². The molecule has 1 N–H and O–H groups in total. The van der Waals surface area contributed by atoms with Crippen LogP contribution in [0.5, 0.6) is 0 Å². The van der Waals surface area contributed by atoms with Crippen LogP contribution in [0.15, 0.2) is 24.3 Å². The number of hydrogen-bond acceptors (Lipinski definition) is 3. The Bertz CT molecular complexity index is 295. The van der Waals surface area contributed by atoms with Crippen LogP contribution in [0.25, 0.3) is 0 Å². The summed E-state index contributed by atoms with van der Waals surface area (Å²) in [7, 11) is 0. The zero-order valence-corrected chi connectivity index (χ0v) is 8.33. The predicted molar refractivity (Wildman–Crippen MR) is 53.4 cm³/mol. The molecule has 0 bridgehead atoms. The first-order valence-corrected chi connectivity index (χ1v) is 4.65. The number of rotatable bonds is 4. The van der Waals surface area contributed by atoms with Crippen molar-refractivity contribution in [3.05, 3.63) is 34.9 Å². The zero-order chi connectivity index (χ0) is 10.4. The highest BCUT2D eigenvalue weighted by Gasteiger charge is 2.05. The number of carbonyl (C=O) groups excluding carboxylic acids is 1. The SMILES string of the molecule is O=C(OCCCO)c1ccc(Cl)cc1. The lowest BCUT2D eigenvalue weighted by Gasteiger charge is -2.02. The van der Waals surface area contributed by atoms with Crippen LogP contribution in [0.4, 0.5) is 0 Å². The molecular formula is C10H11ClO3. The summed E-state index contributed by atoms with van der Waals surface area (Å²) in [4.78, 5) is 11.3. The third-order valence-electron chi connectivity index (χ3n) is 1.62. The molecule has 76 valence electrons. The van der Waals surface area contributed by atoms with E-state index in [4.69, 9.17) is 21.4 Å². The molecule has 0 saturated carbocycles. The van der Waals surface area contributed by atoms with E-state index in [1.54, 1.807) is 24.3 Å². The summed E-state index contributed by atoms with van der Waals surface area (Å²) in [6.07, 6.45) is 0.458. The number of esters is 1. The molecule has 0 saturated heterocycles. The van der Waals surface area contributed by atoms with Crippen LogP contribution < -0.4 is 0 Å². The van der Waals surface area contributed by atoms with Gasteiger partial charge in [0.05, 0.1) is 12.2 Å². The molecule has 0 fully saturated rings. The average Bonchev–Trinajstić information content (AvgIpc) is 2.19. The predicted octanol–water partition coefficient (Wildman–Crippen LogP) is 1.88. The fourth-order valence-electron chi connectivity index (χ4n) is 0.899. The minimum atomic E-state index is -0.393. The number of ether oxygens (including phenoxy) is 1. The second-order valence-electron chi connectivity index (χ2n) is 2.72. The quantitative estimate of drug-likeness (QED) is 0.615. The maximum atomic E-state index is 11.3. The molecule has 0 atom stereocenters. The Morgan fingerprint density at radius 3 is 2.57 bits per heavy atom. The largest absolute Gasteiger partial charge is 0.462 e. The van der Waals surface area contributed by atoms with Gasteiger partial charge in [-0.1, -0.05) is 11.6 Å². The lowest BCUT2D eigenvalue weighted by molar-refractivity contribution is 0.0482. The summed E-state index contributed by atoms with van der Waals surface area (Å²) in [6, 6.07) is 6.46. The Morgan fingerprint density at radius 1 is 1.36 bits per heavy atom. The minimum absolute atomic E-state index is 0.0217. The van der Waals surface area contributed by atoms with Gasteiger partial charge in [0.25, 0.3) is 0 Å². The first-order chi connectivity index (χ1) is 6.74. The van der Waals surface area contributed by atoms with Crippen LogP contribution in [-0.4, -0.2) is 24.3 Å². The van der Waals surface area contributed by atoms with Crippen molar-refractivity contribution >= 4 is 17.6 Å². The van der Waals surface area contributed by atoms with Crippen LogP contribution in [-0.2, 0) is 4.74 Å². The highest BCUT2D eigenvalue weighted by Crippen LogP contribution is 2.10. The summed E-state index contributed by atoms with van der Waals surface area (Å²) >= 11 is 5.66. The second kappa shape index (κ2) is 5.62. The molecule has 1 rings (SSSR count). The molecule has 1 aromatic carbocycles. The van der Waals surface area contributed by atoms with Gasteiger partial charge in [0.15, 0.2) is 0 Å². The lowest BCUT2D eigenvalue weighted by Crippen LogP contribution is -2.07. The van der Waals surface area contributed by atoms with E-state index in [1.807, 2.05) is 0 Å². The van der Waals surface area contributed by atoms with E-state index in [0.29, 0.717) is 17.0 Å².